The second kappa shape index (κ2) is 11.2. The van der Waals surface area contributed by atoms with E-state index in [1.165, 1.54) is 10.9 Å². The molecule has 0 radical (unpaired) electrons. The van der Waals surface area contributed by atoms with E-state index in [0.29, 0.717) is 18.4 Å². The van der Waals surface area contributed by atoms with Gasteiger partial charge in [0.1, 0.15) is 0 Å². The van der Waals surface area contributed by atoms with Crippen molar-refractivity contribution in [3.05, 3.63) is 41.6 Å². The number of fused-ring (bicyclic) bond motifs is 1. The van der Waals surface area contributed by atoms with Crippen LogP contribution in [0.1, 0.15) is 30.4 Å². The van der Waals surface area contributed by atoms with Gasteiger partial charge in [-0.2, -0.15) is 0 Å². The molecule has 2 aliphatic rings. The highest BCUT2D eigenvalue weighted by Crippen LogP contribution is 2.34. The van der Waals surface area contributed by atoms with Gasteiger partial charge in [0.15, 0.2) is 0 Å². The Labute approximate surface area is 197 Å². The van der Waals surface area contributed by atoms with Crippen LogP contribution in [0, 0.1) is 5.92 Å². The zero-order chi connectivity index (χ0) is 23.2. The van der Waals surface area contributed by atoms with Crippen LogP contribution in [0.2, 0.25) is 0 Å². The zero-order valence-electron chi connectivity index (χ0n) is 20.3. The third-order valence-corrected chi connectivity index (χ3v) is 6.99. The van der Waals surface area contributed by atoms with Crippen LogP contribution in [0.4, 0.5) is 0 Å². The Morgan fingerprint density at radius 1 is 1.18 bits per heavy atom. The average Bonchev–Trinajstić information content (AvgIpc) is 2.80. The zero-order valence-corrected chi connectivity index (χ0v) is 20.3. The first-order valence-corrected chi connectivity index (χ1v) is 12.2. The number of amides is 1. The van der Waals surface area contributed by atoms with Crippen molar-refractivity contribution in [3.8, 4) is 0 Å². The minimum absolute atomic E-state index is 0.137. The normalized spacial score (nSPS) is 23.4. The highest BCUT2D eigenvalue weighted by atomic mass is 16.2. The molecular formula is C26H38N6O. The molecule has 2 fully saturated rings. The van der Waals surface area contributed by atoms with Gasteiger partial charge in [0.25, 0.3) is 0 Å². The minimum atomic E-state index is 0.137. The lowest BCUT2D eigenvalue weighted by Crippen LogP contribution is -2.48. The number of aromatic nitrogens is 1. The molecule has 1 aromatic heterocycles. The van der Waals surface area contributed by atoms with Crippen molar-refractivity contribution in [1.29, 1.82) is 0 Å². The highest BCUT2D eigenvalue weighted by molar-refractivity contribution is 5.99. The molecule has 7 nitrogen and oxygen atoms in total. The van der Waals surface area contributed by atoms with Crippen LogP contribution < -0.4 is 5.32 Å². The van der Waals surface area contributed by atoms with E-state index in [2.05, 4.69) is 62.2 Å². The molecule has 0 bridgehead atoms. The molecule has 0 spiro atoms. The maximum atomic E-state index is 12.7. The fourth-order valence-corrected chi connectivity index (χ4v) is 5.32. The number of nitrogens with one attached hydrogen (secondary N) is 1. The first-order chi connectivity index (χ1) is 16.0. The molecule has 7 heteroatoms. The van der Waals surface area contributed by atoms with Gasteiger partial charge in [0.05, 0.1) is 12.1 Å². The predicted octanol–water partition coefficient (Wildman–Crippen LogP) is 2.07. The number of carbonyl (C=O) groups excluding carboxylic acids is 1. The summed E-state index contributed by atoms with van der Waals surface area (Å²) in [6, 6.07) is 8.54. The number of benzene rings is 1. The van der Waals surface area contributed by atoms with Gasteiger partial charge in [-0.15, -0.1) is 0 Å². The van der Waals surface area contributed by atoms with Crippen molar-refractivity contribution in [3.63, 3.8) is 0 Å². The third-order valence-electron chi connectivity index (χ3n) is 6.99. The lowest BCUT2D eigenvalue weighted by atomic mass is 9.83. The fourth-order valence-electron chi connectivity index (χ4n) is 5.32. The number of rotatable bonds is 7. The number of aliphatic imine (C=N–C) groups is 1. The Morgan fingerprint density at radius 2 is 2.00 bits per heavy atom. The number of pyridine rings is 1. The fraction of sp³-hybridized carbons (Fsp3) is 0.577. The van der Waals surface area contributed by atoms with Crippen molar-refractivity contribution >= 4 is 23.0 Å². The van der Waals surface area contributed by atoms with Gasteiger partial charge in [-0.1, -0.05) is 25.1 Å². The topological polar surface area (TPSA) is 64.1 Å². The predicted molar refractivity (Wildman–Crippen MR) is 135 cm³/mol. The maximum absolute atomic E-state index is 12.7. The lowest BCUT2D eigenvalue weighted by molar-refractivity contribution is -0.122. The van der Waals surface area contributed by atoms with Gasteiger partial charge >= 0.3 is 0 Å². The summed E-state index contributed by atoms with van der Waals surface area (Å²) in [5.41, 5.74) is 3.39. The van der Waals surface area contributed by atoms with Gasteiger partial charge in [0, 0.05) is 82.8 Å². The number of nitrogens with zero attached hydrogens (tertiary/aromatic N) is 5. The summed E-state index contributed by atoms with van der Waals surface area (Å²) >= 11 is 0. The Balaban J connectivity index is 1.36. The first-order valence-electron chi connectivity index (χ1n) is 12.2. The summed E-state index contributed by atoms with van der Waals surface area (Å²) < 4.78 is 0. The number of hydrogen-bond donors (Lipinski definition) is 1. The van der Waals surface area contributed by atoms with E-state index < -0.39 is 0 Å². The molecule has 1 aromatic carbocycles. The largest absolute Gasteiger partial charge is 0.354 e. The van der Waals surface area contributed by atoms with Crippen LogP contribution in [0.3, 0.4) is 0 Å². The van der Waals surface area contributed by atoms with Crippen molar-refractivity contribution in [1.82, 2.24) is 25.0 Å². The molecule has 1 amide bonds. The second-order valence-electron chi connectivity index (χ2n) is 9.76. The third kappa shape index (κ3) is 6.16. The van der Waals surface area contributed by atoms with Gasteiger partial charge in [-0.05, 0) is 36.9 Å². The highest BCUT2D eigenvalue weighted by Gasteiger charge is 2.28. The van der Waals surface area contributed by atoms with Crippen molar-refractivity contribution in [2.75, 3.05) is 73.0 Å². The number of likely N-dealkylation sites (N-methyl/N-ethyl adjacent to an activating group) is 1. The van der Waals surface area contributed by atoms with Crippen molar-refractivity contribution < 1.29 is 4.79 Å². The summed E-state index contributed by atoms with van der Waals surface area (Å²) in [6.07, 6.45) is 4.86. The Hall–Kier alpha value is -2.35. The quantitative estimate of drug-likeness (QED) is 0.655. The van der Waals surface area contributed by atoms with Crippen LogP contribution in [0.5, 0.6) is 0 Å². The smallest absolute Gasteiger partial charge is 0.234 e. The summed E-state index contributed by atoms with van der Waals surface area (Å²) in [4.78, 5) is 28.6. The SMILES string of the molecule is CN=Cc1ccc([C@@H]2C[C@@H](C)CN(CC(=O)NCCN3CCN(C)CC3)C2)c2cccnc12. The van der Waals surface area contributed by atoms with Crippen LogP contribution in [-0.4, -0.2) is 105 Å². The molecule has 1 N–H and O–H groups in total. The van der Waals surface area contributed by atoms with Crippen LogP contribution in [0.25, 0.3) is 10.9 Å². The van der Waals surface area contributed by atoms with E-state index in [9.17, 15) is 4.79 Å². The molecular weight excluding hydrogens is 412 g/mol. The monoisotopic (exact) mass is 450 g/mol. The molecule has 0 unspecified atom stereocenters. The first kappa shape index (κ1) is 23.8. The summed E-state index contributed by atoms with van der Waals surface area (Å²) in [7, 11) is 3.96. The molecule has 178 valence electrons. The number of likely N-dealkylation sites (tertiary alicyclic amines) is 1. The molecule has 0 aliphatic carbocycles. The van der Waals surface area contributed by atoms with Crippen molar-refractivity contribution in [2.24, 2.45) is 10.9 Å². The number of carbonyl (C=O) groups is 1. The Morgan fingerprint density at radius 3 is 2.79 bits per heavy atom. The summed E-state index contributed by atoms with van der Waals surface area (Å²) in [5, 5.41) is 4.35. The average molecular weight is 451 g/mol. The van der Waals surface area contributed by atoms with E-state index in [1.807, 2.05) is 18.5 Å². The molecule has 3 heterocycles. The summed E-state index contributed by atoms with van der Waals surface area (Å²) in [6.45, 7) is 10.7. The van der Waals surface area contributed by atoms with Gasteiger partial charge in [-0.3, -0.25) is 24.6 Å². The number of piperidine rings is 1. The van der Waals surface area contributed by atoms with Gasteiger partial charge < -0.3 is 10.2 Å². The molecule has 2 saturated heterocycles. The Bertz CT molecular complexity index is 968. The summed E-state index contributed by atoms with van der Waals surface area (Å²) in [5.74, 6) is 1.08. The molecule has 4 rings (SSSR count). The number of hydrogen-bond acceptors (Lipinski definition) is 6. The molecule has 0 saturated carbocycles. The molecule has 2 aliphatic heterocycles. The standard InChI is InChI=1S/C26H38N6O/c1-20-15-22(23-7-6-21(16-27-2)26-24(23)5-4-8-29-26)18-32(17-20)19-25(33)28-9-10-31-13-11-30(3)12-14-31/h4-8,16,20,22H,9-15,17-19H2,1-3H3,(H,28,33)/t20-,22-/m1/s1. The Kier molecular flexibility index (Phi) is 8.06. The van der Waals surface area contributed by atoms with E-state index in [4.69, 9.17) is 0 Å². The van der Waals surface area contributed by atoms with Crippen LogP contribution in [-0.2, 0) is 4.79 Å². The van der Waals surface area contributed by atoms with Crippen LogP contribution in [0.15, 0.2) is 35.5 Å². The maximum Gasteiger partial charge on any atom is 0.234 e. The second-order valence-corrected chi connectivity index (χ2v) is 9.76. The van der Waals surface area contributed by atoms with E-state index in [-0.39, 0.29) is 5.91 Å². The number of piperazine rings is 1. The lowest BCUT2D eigenvalue weighted by Gasteiger charge is -2.37. The molecule has 2 aromatic rings. The van der Waals surface area contributed by atoms with Crippen molar-refractivity contribution in [2.45, 2.75) is 19.3 Å². The molecule has 33 heavy (non-hydrogen) atoms. The van der Waals surface area contributed by atoms with E-state index >= 15 is 0 Å². The van der Waals surface area contributed by atoms with E-state index in [1.54, 1.807) is 7.05 Å². The van der Waals surface area contributed by atoms with Gasteiger partial charge in [-0.25, -0.2) is 0 Å². The molecule has 2 atom stereocenters. The van der Waals surface area contributed by atoms with E-state index in [0.717, 1.165) is 69.9 Å². The minimum Gasteiger partial charge on any atom is -0.354 e. The van der Waals surface area contributed by atoms with Gasteiger partial charge in [0.2, 0.25) is 5.91 Å². The van der Waals surface area contributed by atoms with Crippen LogP contribution >= 0.6 is 0 Å².